The van der Waals surface area contributed by atoms with E-state index < -0.39 is 0 Å². The molecule has 13 heavy (non-hydrogen) atoms. The van der Waals surface area contributed by atoms with Gasteiger partial charge in [0.25, 0.3) is 0 Å². The lowest BCUT2D eigenvalue weighted by Crippen LogP contribution is -2.30. The summed E-state index contributed by atoms with van der Waals surface area (Å²) in [6, 6.07) is 0.457. The molecule has 0 aromatic heterocycles. The third-order valence-corrected chi connectivity index (χ3v) is 4.08. The molecule has 0 saturated carbocycles. The Kier molecular flexibility index (Phi) is 4.87. The SMILES string of the molecule is Cl.N[C@@H]1CCN(CC2CCSC2)C1. The second-order valence-corrected chi connectivity index (χ2v) is 5.19. The molecule has 2 atom stereocenters. The van der Waals surface area contributed by atoms with E-state index >= 15 is 0 Å². The topological polar surface area (TPSA) is 29.3 Å². The number of halogens is 1. The predicted molar refractivity (Wildman–Crippen MR) is 61.7 cm³/mol. The molecule has 0 bridgehead atoms. The van der Waals surface area contributed by atoms with Crippen molar-refractivity contribution in [3.05, 3.63) is 0 Å². The summed E-state index contributed by atoms with van der Waals surface area (Å²) in [5.41, 5.74) is 5.85. The molecule has 78 valence electrons. The van der Waals surface area contributed by atoms with Crippen molar-refractivity contribution in [1.82, 2.24) is 4.90 Å². The summed E-state index contributed by atoms with van der Waals surface area (Å²) in [6.07, 6.45) is 2.64. The first-order valence-corrected chi connectivity index (χ1v) is 6.06. The second-order valence-electron chi connectivity index (χ2n) is 4.04. The molecule has 1 unspecified atom stereocenters. The molecule has 0 aromatic carbocycles. The molecule has 2 aliphatic rings. The molecular weight excluding hydrogens is 204 g/mol. The van der Waals surface area contributed by atoms with Crippen LogP contribution in [0.25, 0.3) is 0 Å². The van der Waals surface area contributed by atoms with Crippen molar-refractivity contribution >= 4 is 24.2 Å². The standard InChI is InChI=1S/C9H18N2S.ClH/c10-9-1-3-11(6-9)5-8-2-4-12-7-8;/h8-9H,1-7,10H2;1H/t8?,9-;/m1./s1. The molecule has 0 spiro atoms. The zero-order valence-electron chi connectivity index (χ0n) is 7.95. The lowest BCUT2D eigenvalue weighted by molar-refractivity contribution is 0.288. The number of hydrogen-bond donors (Lipinski definition) is 1. The molecule has 0 aromatic rings. The number of nitrogens with two attached hydrogens (primary N) is 1. The van der Waals surface area contributed by atoms with Gasteiger partial charge in [-0.2, -0.15) is 11.8 Å². The number of nitrogens with zero attached hydrogens (tertiary/aromatic N) is 1. The Morgan fingerprint density at radius 3 is 2.77 bits per heavy atom. The van der Waals surface area contributed by atoms with Gasteiger partial charge in [0.2, 0.25) is 0 Å². The van der Waals surface area contributed by atoms with Crippen molar-refractivity contribution in [3.63, 3.8) is 0 Å². The van der Waals surface area contributed by atoms with E-state index in [9.17, 15) is 0 Å². The van der Waals surface area contributed by atoms with Crippen LogP contribution in [0.4, 0.5) is 0 Å². The molecular formula is C9H19ClN2S. The van der Waals surface area contributed by atoms with Gasteiger partial charge < -0.3 is 10.6 Å². The van der Waals surface area contributed by atoms with Gasteiger partial charge in [-0.15, -0.1) is 12.4 Å². The van der Waals surface area contributed by atoms with E-state index in [0.717, 1.165) is 12.5 Å². The summed E-state index contributed by atoms with van der Waals surface area (Å²) in [6.45, 7) is 3.68. The monoisotopic (exact) mass is 222 g/mol. The molecule has 2 aliphatic heterocycles. The molecule has 2 saturated heterocycles. The molecule has 2 rings (SSSR count). The fourth-order valence-electron chi connectivity index (χ4n) is 2.12. The van der Waals surface area contributed by atoms with Gasteiger partial charge in [0.15, 0.2) is 0 Å². The van der Waals surface area contributed by atoms with Crippen molar-refractivity contribution in [2.24, 2.45) is 11.7 Å². The van der Waals surface area contributed by atoms with E-state index in [2.05, 4.69) is 16.7 Å². The van der Waals surface area contributed by atoms with Gasteiger partial charge in [-0.1, -0.05) is 0 Å². The zero-order valence-corrected chi connectivity index (χ0v) is 9.58. The van der Waals surface area contributed by atoms with Crippen LogP contribution in [-0.4, -0.2) is 42.1 Å². The third-order valence-electron chi connectivity index (χ3n) is 2.85. The summed E-state index contributed by atoms with van der Waals surface area (Å²) < 4.78 is 0. The Morgan fingerprint density at radius 1 is 1.38 bits per heavy atom. The van der Waals surface area contributed by atoms with E-state index in [1.807, 2.05) is 0 Å². The van der Waals surface area contributed by atoms with Gasteiger partial charge in [-0.3, -0.25) is 0 Å². The van der Waals surface area contributed by atoms with Crippen LogP contribution in [0.15, 0.2) is 0 Å². The molecule has 0 aliphatic carbocycles. The van der Waals surface area contributed by atoms with Gasteiger partial charge in [-0.05, 0) is 36.8 Å². The third kappa shape index (κ3) is 3.31. The molecule has 4 heteroatoms. The lowest BCUT2D eigenvalue weighted by Gasteiger charge is -2.18. The predicted octanol–water partition coefficient (Wildman–Crippen LogP) is 1.19. The molecule has 2 fully saturated rings. The number of likely N-dealkylation sites (tertiary alicyclic amines) is 1. The van der Waals surface area contributed by atoms with E-state index in [4.69, 9.17) is 5.73 Å². The highest BCUT2D eigenvalue weighted by atomic mass is 35.5. The fourth-order valence-corrected chi connectivity index (χ4v) is 3.39. The summed E-state index contributed by atoms with van der Waals surface area (Å²) in [4.78, 5) is 2.54. The van der Waals surface area contributed by atoms with Gasteiger partial charge in [-0.25, -0.2) is 0 Å². The Bertz CT molecular complexity index is 151. The first-order chi connectivity index (χ1) is 5.84. The molecule has 0 radical (unpaired) electrons. The maximum absolute atomic E-state index is 5.85. The summed E-state index contributed by atoms with van der Waals surface area (Å²) in [5.74, 6) is 3.72. The first kappa shape index (κ1) is 11.6. The molecule has 0 amide bonds. The highest BCUT2D eigenvalue weighted by Gasteiger charge is 2.23. The Morgan fingerprint density at radius 2 is 2.23 bits per heavy atom. The van der Waals surface area contributed by atoms with E-state index in [-0.39, 0.29) is 12.4 Å². The normalized spacial score (nSPS) is 34.8. The van der Waals surface area contributed by atoms with Gasteiger partial charge >= 0.3 is 0 Å². The minimum Gasteiger partial charge on any atom is -0.326 e. The zero-order chi connectivity index (χ0) is 8.39. The van der Waals surface area contributed by atoms with Crippen LogP contribution >= 0.6 is 24.2 Å². The maximum atomic E-state index is 5.85. The smallest absolute Gasteiger partial charge is 0.0180 e. The number of rotatable bonds is 2. The summed E-state index contributed by atoms with van der Waals surface area (Å²) in [7, 11) is 0. The van der Waals surface area contributed by atoms with Crippen LogP contribution in [0.1, 0.15) is 12.8 Å². The van der Waals surface area contributed by atoms with Crippen molar-refractivity contribution < 1.29 is 0 Å². The highest BCUT2D eigenvalue weighted by molar-refractivity contribution is 7.99. The largest absolute Gasteiger partial charge is 0.326 e. The molecule has 2 nitrogen and oxygen atoms in total. The van der Waals surface area contributed by atoms with Crippen molar-refractivity contribution in [1.29, 1.82) is 0 Å². The van der Waals surface area contributed by atoms with E-state index in [0.29, 0.717) is 6.04 Å². The fraction of sp³-hybridized carbons (Fsp3) is 1.00. The summed E-state index contributed by atoms with van der Waals surface area (Å²) in [5, 5.41) is 0. The van der Waals surface area contributed by atoms with Gasteiger partial charge in [0, 0.05) is 19.1 Å². The van der Waals surface area contributed by atoms with E-state index in [1.54, 1.807) is 0 Å². The Balaban J connectivity index is 0.000000845. The Hall–Kier alpha value is 0.560. The molecule has 2 heterocycles. The van der Waals surface area contributed by atoms with Crippen LogP contribution in [0.3, 0.4) is 0 Å². The van der Waals surface area contributed by atoms with Crippen LogP contribution in [0.2, 0.25) is 0 Å². The van der Waals surface area contributed by atoms with Crippen molar-refractivity contribution in [3.8, 4) is 0 Å². The molecule has 2 N–H and O–H groups in total. The van der Waals surface area contributed by atoms with Crippen LogP contribution in [-0.2, 0) is 0 Å². The van der Waals surface area contributed by atoms with Crippen LogP contribution in [0.5, 0.6) is 0 Å². The van der Waals surface area contributed by atoms with Gasteiger partial charge in [0.05, 0.1) is 0 Å². The number of hydrogen-bond acceptors (Lipinski definition) is 3. The minimum absolute atomic E-state index is 0. The average molecular weight is 223 g/mol. The van der Waals surface area contributed by atoms with Crippen molar-refractivity contribution in [2.45, 2.75) is 18.9 Å². The average Bonchev–Trinajstić information content (AvgIpc) is 2.63. The van der Waals surface area contributed by atoms with Gasteiger partial charge in [0.1, 0.15) is 0 Å². The van der Waals surface area contributed by atoms with E-state index in [1.165, 1.54) is 37.4 Å². The summed E-state index contributed by atoms with van der Waals surface area (Å²) >= 11 is 2.11. The maximum Gasteiger partial charge on any atom is 0.0180 e. The van der Waals surface area contributed by atoms with Crippen molar-refractivity contribution in [2.75, 3.05) is 31.1 Å². The quantitative estimate of drug-likeness (QED) is 0.762. The second kappa shape index (κ2) is 5.44. The van der Waals surface area contributed by atoms with Crippen LogP contribution < -0.4 is 5.73 Å². The lowest BCUT2D eigenvalue weighted by atomic mass is 10.1. The van der Waals surface area contributed by atoms with Crippen LogP contribution in [0, 0.1) is 5.92 Å². The highest BCUT2D eigenvalue weighted by Crippen LogP contribution is 2.25. The number of thioether (sulfide) groups is 1. The minimum atomic E-state index is 0. The Labute approximate surface area is 91.0 Å². The first-order valence-electron chi connectivity index (χ1n) is 4.90.